The largest absolute Gasteiger partial charge is 0.463 e. The summed E-state index contributed by atoms with van der Waals surface area (Å²) in [5.41, 5.74) is 0. The fraction of sp³-hybridized carbons (Fsp3) is 0.933. The number of carbonyl (C=O) groups excluding carboxylic acids is 1. The molecule has 0 aromatic heterocycles. The molecule has 106 valence electrons. The Labute approximate surface area is 113 Å². The van der Waals surface area contributed by atoms with Gasteiger partial charge < -0.3 is 14.2 Å². The molecular formula is C15H22O4. The van der Waals surface area contributed by atoms with Gasteiger partial charge in [-0.05, 0) is 50.9 Å². The zero-order valence-electron chi connectivity index (χ0n) is 11.3. The second kappa shape index (κ2) is 4.74. The second-order valence-electron chi connectivity index (χ2n) is 6.56. The molecule has 0 aromatic rings. The van der Waals surface area contributed by atoms with Crippen LogP contribution in [0.1, 0.15) is 44.9 Å². The van der Waals surface area contributed by atoms with E-state index in [4.69, 9.17) is 14.2 Å². The van der Waals surface area contributed by atoms with Crippen LogP contribution < -0.4 is 0 Å². The molecule has 2 bridgehead atoms. The first-order chi connectivity index (χ1) is 9.29. The summed E-state index contributed by atoms with van der Waals surface area (Å²) in [5, 5.41) is 0. The average Bonchev–Trinajstić information content (AvgIpc) is 3.24. The monoisotopic (exact) mass is 266 g/mol. The van der Waals surface area contributed by atoms with Gasteiger partial charge in [-0.2, -0.15) is 0 Å². The lowest BCUT2D eigenvalue weighted by Crippen LogP contribution is -2.44. The minimum atomic E-state index is -0.0287. The summed E-state index contributed by atoms with van der Waals surface area (Å²) in [5.74, 6) is 0.642. The van der Waals surface area contributed by atoms with Crippen molar-refractivity contribution >= 4 is 5.97 Å². The lowest BCUT2D eigenvalue weighted by atomic mass is 9.80. The van der Waals surface area contributed by atoms with Gasteiger partial charge in [0, 0.05) is 0 Å². The van der Waals surface area contributed by atoms with Crippen LogP contribution >= 0.6 is 0 Å². The Morgan fingerprint density at radius 3 is 2.53 bits per heavy atom. The topological polar surface area (TPSA) is 48.1 Å². The smallest absolute Gasteiger partial charge is 0.309 e. The van der Waals surface area contributed by atoms with Crippen LogP contribution in [0.3, 0.4) is 0 Å². The summed E-state index contributed by atoms with van der Waals surface area (Å²) in [6.45, 7) is 0.464. The van der Waals surface area contributed by atoms with Gasteiger partial charge >= 0.3 is 5.97 Å². The van der Waals surface area contributed by atoms with Crippen LogP contribution in [0.2, 0.25) is 0 Å². The molecule has 4 nitrogen and oxygen atoms in total. The number of epoxide rings is 1. The van der Waals surface area contributed by atoms with E-state index in [0.717, 1.165) is 19.3 Å². The Kier molecular flexibility index (Phi) is 3.03. The highest BCUT2D eigenvalue weighted by Crippen LogP contribution is 2.40. The van der Waals surface area contributed by atoms with Crippen molar-refractivity contribution < 1.29 is 19.0 Å². The number of carbonyl (C=O) groups is 1. The third-order valence-electron chi connectivity index (χ3n) is 5.34. The van der Waals surface area contributed by atoms with Crippen molar-refractivity contribution in [2.24, 2.45) is 11.8 Å². The molecule has 3 saturated heterocycles. The molecule has 5 aliphatic rings. The lowest BCUT2D eigenvalue weighted by molar-refractivity contribution is -0.171. The Bertz CT molecular complexity index is 361. The van der Waals surface area contributed by atoms with Crippen molar-refractivity contribution in [3.05, 3.63) is 0 Å². The molecule has 3 heterocycles. The summed E-state index contributed by atoms with van der Waals surface area (Å²) >= 11 is 0. The third-order valence-corrected chi connectivity index (χ3v) is 5.34. The van der Waals surface area contributed by atoms with Crippen LogP contribution in [0.5, 0.6) is 0 Å². The van der Waals surface area contributed by atoms with E-state index in [1.807, 2.05) is 0 Å². The van der Waals surface area contributed by atoms with Crippen molar-refractivity contribution in [3.8, 4) is 0 Å². The molecular weight excluding hydrogens is 244 g/mol. The molecule has 0 aromatic carbocycles. The molecule has 2 aliphatic carbocycles. The Morgan fingerprint density at radius 2 is 1.84 bits per heavy atom. The minimum absolute atomic E-state index is 0.0287. The third kappa shape index (κ3) is 2.40. The zero-order chi connectivity index (χ0) is 12.8. The normalized spacial score (nSPS) is 47.6. The molecule has 4 unspecified atom stereocenters. The van der Waals surface area contributed by atoms with Crippen LogP contribution in [0.15, 0.2) is 0 Å². The highest BCUT2D eigenvalue weighted by atomic mass is 16.6. The molecule has 0 amide bonds. The Morgan fingerprint density at radius 1 is 1.00 bits per heavy atom. The molecule has 2 saturated carbocycles. The molecule has 19 heavy (non-hydrogen) atoms. The minimum Gasteiger partial charge on any atom is -0.463 e. The van der Waals surface area contributed by atoms with Crippen LogP contribution in [-0.2, 0) is 19.0 Å². The SMILES string of the molecule is O=C(OCC1OC2CCC1CC2)C1CCC2OC2C1. The molecule has 0 N–H and O–H groups in total. The van der Waals surface area contributed by atoms with Crippen LogP contribution in [0.4, 0.5) is 0 Å². The van der Waals surface area contributed by atoms with E-state index >= 15 is 0 Å². The lowest BCUT2D eigenvalue weighted by Gasteiger charge is -2.42. The first-order valence-corrected chi connectivity index (χ1v) is 7.77. The van der Waals surface area contributed by atoms with E-state index in [9.17, 15) is 4.79 Å². The summed E-state index contributed by atoms with van der Waals surface area (Å²) in [6.07, 6.45) is 9.05. The molecule has 0 radical (unpaired) electrons. The molecule has 5 rings (SSSR count). The van der Waals surface area contributed by atoms with Gasteiger partial charge in [0.05, 0.1) is 30.3 Å². The number of hydrogen-bond acceptors (Lipinski definition) is 4. The molecule has 0 spiro atoms. The van der Waals surface area contributed by atoms with Gasteiger partial charge in [0.15, 0.2) is 0 Å². The quantitative estimate of drug-likeness (QED) is 0.579. The number of esters is 1. The van der Waals surface area contributed by atoms with E-state index in [0.29, 0.717) is 30.8 Å². The maximum Gasteiger partial charge on any atom is 0.309 e. The van der Waals surface area contributed by atoms with Gasteiger partial charge in [-0.15, -0.1) is 0 Å². The predicted molar refractivity (Wildman–Crippen MR) is 67.6 cm³/mol. The van der Waals surface area contributed by atoms with Crippen LogP contribution in [0, 0.1) is 11.8 Å². The summed E-state index contributed by atoms with van der Waals surface area (Å²) < 4.78 is 16.9. The van der Waals surface area contributed by atoms with Gasteiger partial charge in [-0.1, -0.05) is 0 Å². The van der Waals surface area contributed by atoms with Gasteiger partial charge in [0.1, 0.15) is 6.61 Å². The number of rotatable bonds is 3. The highest BCUT2D eigenvalue weighted by Gasteiger charge is 2.46. The van der Waals surface area contributed by atoms with Crippen LogP contribution in [-0.4, -0.2) is 37.0 Å². The standard InChI is InChI=1S/C15H22O4/c16-15(10-3-6-12-13(7-10)19-12)17-8-14-9-1-4-11(18-14)5-2-9/h9-14H,1-8H2. The van der Waals surface area contributed by atoms with E-state index in [1.54, 1.807) is 0 Å². The van der Waals surface area contributed by atoms with Gasteiger partial charge in [0.25, 0.3) is 0 Å². The van der Waals surface area contributed by atoms with Crippen molar-refractivity contribution in [1.82, 2.24) is 0 Å². The Hall–Kier alpha value is -0.610. The number of hydrogen-bond donors (Lipinski definition) is 0. The van der Waals surface area contributed by atoms with E-state index in [-0.39, 0.29) is 18.0 Å². The summed E-state index contributed by atoms with van der Waals surface area (Å²) in [7, 11) is 0. The molecule has 3 aliphatic heterocycles. The fourth-order valence-corrected chi connectivity index (χ4v) is 4.03. The predicted octanol–water partition coefficient (Wildman–Crippen LogP) is 2.05. The van der Waals surface area contributed by atoms with Crippen molar-refractivity contribution in [1.29, 1.82) is 0 Å². The van der Waals surface area contributed by atoms with Gasteiger partial charge in [-0.3, -0.25) is 4.79 Å². The average molecular weight is 266 g/mol. The van der Waals surface area contributed by atoms with E-state index in [1.165, 1.54) is 25.7 Å². The fourth-order valence-electron chi connectivity index (χ4n) is 4.03. The molecule has 4 atom stereocenters. The summed E-state index contributed by atoms with van der Waals surface area (Å²) in [6, 6.07) is 0. The highest BCUT2D eigenvalue weighted by molar-refractivity contribution is 5.72. The first-order valence-electron chi connectivity index (χ1n) is 7.77. The molecule has 5 fully saturated rings. The summed E-state index contributed by atoms with van der Waals surface area (Å²) in [4.78, 5) is 12.1. The number of ether oxygens (including phenoxy) is 3. The second-order valence-corrected chi connectivity index (χ2v) is 6.56. The van der Waals surface area contributed by atoms with Crippen molar-refractivity contribution in [3.63, 3.8) is 0 Å². The first kappa shape index (κ1) is 12.2. The maximum absolute atomic E-state index is 12.1. The van der Waals surface area contributed by atoms with E-state index < -0.39 is 0 Å². The zero-order valence-corrected chi connectivity index (χ0v) is 11.3. The van der Waals surface area contributed by atoms with Crippen molar-refractivity contribution in [2.45, 2.75) is 69.4 Å². The molecule has 4 heteroatoms. The number of fused-ring (bicyclic) bond motifs is 4. The van der Waals surface area contributed by atoms with Crippen LogP contribution in [0.25, 0.3) is 0 Å². The van der Waals surface area contributed by atoms with Crippen molar-refractivity contribution in [2.75, 3.05) is 6.61 Å². The maximum atomic E-state index is 12.1. The Balaban J connectivity index is 1.26. The van der Waals surface area contributed by atoms with Gasteiger partial charge in [0.2, 0.25) is 0 Å². The van der Waals surface area contributed by atoms with Gasteiger partial charge in [-0.25, -0.2) is 0 Å². The van der Waals surface area contributed by atoms with E-state index in [2.05, 4.69) is 0 Å².